The van der Waals surface area contributed by atoms with Gasteiger partial charge in [0.25, 0.3) is 5.91 Å². The SMILES string of the molecule is COc1cccc2c(OCC(=O)Nc3cccc(C)c3)cc(C)nc12. The zero-order valence-electron chi connectivity index (χ0n) is 14.5. The number of ether oxygens (including phenoxy) is 2. The van der Waals surface area contributed by atoms with Gasteiger partial charge in [-0.15, -0.1) is 0 Å². The second-order valence-corrected chi connectivity index (χ2v) is 5.82. The lowest BCUT2D eigenvalue weighted by Gasteiger charge is -2.12. The number of nitrogens with one attached hydrogen (secondary N) is 1. The molecule has 0 aliphatic heterocycles. The molecule has 5 nitrogen and oxygen atoms in total. The number of para-hydroxylation sites is 1. The Balaban J connectivity index is 1.78. The number of pyridine rings is 1. The van der Waals surface area contributed by atoms with E-state index in [2.05, 4.69) is 10.3 Å². The normalized spacial score (nSPS) is 10.5. The molecular weight excluding hydrogens is 316 g/mol. The van der Waals surface area contributed by atoms with Crippen molar-refractivity contribution in [1.82, 2.24) is 4.98 Å². The summed E-state index contributed by atoms with van der Waals surface area (Å²) in [5.74, 6) is 1.08. The Morgan fingerprint density at radius 2 is 1.88 bits per heavy atom. The van der Waals surface area contributed by atoms with Crippen molar-refractivity contribution in [3.63, 3.8) is 0 Å². The Hall–Kier alpha value is -3.08. The zero-order valence-corrected chi connectivity index (χ0v) is 14.5. The summed E-state index contributed by atoms with van der Waals surface area (Å²) < 4.78 is 11.1. The molecule has 128 valence electrons. The van der Waals surface area contributed by atoms with Crippen molar-refractivity contribution >= 4 is 22.5 Å². The highest BCUT2D eigenvalue weighted by molar-refractivity contribution is 5.93. The second-order valence-electron chi connectivity index (χ2n) is 5.82. The third-order valence-corrected chi connectivity index (χ3v) is 3.77. The molecule has 1 aromatic heterocycles. The van der Waals surface area contributed by atoms with Gasteiger partial charge in [0.15, 0.2) is 6.61 Å². The van der Waals surface area contributed by atoms with E-state index in [1.54, 1.807) is 7.11 Å². The highest BCUT2D eigenvalue weighted by Crippen LogP contribution is 2.31. The summed E-state index contributed by atoms with van der Waals surface area (Å²) in [6, 6.07) is 15.1. The molecule has 0 unspecified atom stereocenters. The fraction of sp³-hybridized carbons (Fsp3) is 0.200. The molecule has 1 N–H and O–H groups in total. The maximum atomic E-state index is 12.2. The fourth-order valence-electron chi connectivity index (χ4n) is 2.66. The van der Waals surface area contributed by atoms with Gasteiger partial charge in [-0.2, -0.15) is 0 Å². The van der Waals surface area contributed by atoms with Crippen LogP contribution in [0.2, 0.25) is 0 Å². The first-order valence-electron chi connectivity index (χ1n) is 8.00. The van der Waals surface area contributed by atoms with E-state index in [4.69, 9.17) is 9.47 Å². The number of anilines is 1. The summed E-state index contributed by atoms with van der Waals surface area (Å²) in [5.41, 5.74) is 3.36. The van der Waals surface area contributed by atoms with Crippen LogP contribution in [0.1, 0.15) is 11.3 Å². The molecule has 0 saturated carbocycles. The zero-order chi connectivity index (χ0) is 17.8. The number of methoxy groups -OCH3 is 1. The highest BCUT2D eigenvalue weighted by atomic mass is 16.5. The van der Waals surface area contributed by atoms with E-state index in [0.29, 0.717) is 11.5 Å². The van der Waals surface area contributed by atoms with Gasteiger partial charge in [-0.05, 0) is 43.7 Å². The molecule has 0 aliphatic carbocycles. The molecule has 5 heteroatoms. The molecule has 0 aliphatic rings. The molecule has 1 amide bonds. The standard InChI is InChI=1S/C20H20N2O3/c1-13-6-4-7-15(10-13)22-19(23)12-25-18-11-14(2)21-20-16(18)8-5-9-17(20)24-3/h4-11H,12H2,1-3H3,(H,22,23). The molecule has 25 heavy (non-hydrogen) atoms. The van der Waals surface area contributed by atoms with Crippen LogP contribution in [0.5, 0.6) is 11.5 Å². The number of fused-ring (bicyclic) bond motifs is 1. The third kappa shape index (κ3) is 3.88. The lowest BCUT2D eigenvalue weighted by molar-refractivity contribution is -0.118. The number of hydrogen-bond donors (Lipinski definition) is 1. The third-order valence-electron chi connectivity index (χ3n) is 3.77. The van der Waals surface area contributed by atoms with Crippen LogP contribution in [0.4, 0.5) is 5.69 Å². The van der Waals surface area contributed by atoms with Gasteiger partial charge in [0.2, 0.25) is 0 Å². The molecule has 0 fully saturated rings. The van der Waals surface area contributed by atoms with E-state index in [9.17, 15) is 4.79 Å². The van der Waals surface area contributed by atoms with Crippen molar-refractivity contribution < 1.29 is 14.3 Å². The number of nitrogens with zero attached hydrogens (tertiary/aromatic N) is 1. The predicted octanol–water partition coefficient (Wildman–Crippen LogP) is 3.88. The van der Waals surface area contributed by atoms with Gasteiger partial charge in [0, 0.05) is 22.8 Å². The number of benzene rings is 2. The minimum Gasteiger partial charge on any atom is -0.494 e. The maximum Gasteiger partial charge on any atom is 0.262 e. The van der Waals surface area contributed by atoms with Crippen molar-refractivity contribution in [2.45, 2.75) is 13.8 Å². The second kappa shape index (κ2) is 7.21. The van der Waals surface area contributed by atoms with Crippen LogP contribution in [-0.4, -0.2) is 24.6 Å². The number of hydrogen-bond acceptors (Lipinski definition) is 4. The van der Waals surface area contributed by atoms with Crippen molar-refractivity contribution in [2.75, 3.05) is 19.0 Å². The van der Waals surface area contributed by atoms with Gasteiger partial charge < -0.3 is 14.8 Å². The number of carbonyl (C=O) groups is 1. The summed E-state index contributed by atoms with van der Waals surface area (Å²) >= 11 is 0. The van der Waals surface area contributed by atoms with Crippen LogP contribution in [0.25, 0.3) is 10.9 Å². The molecule has 3 rings (SSSR count). The quantitative estimate of drug-likeness (QED) is 0.768. The smallest absolute Gasteiger partial charge is 0.262 e. The molecule has 1 heterocycles. The van der Waals surface area contributed by atoms with Crippen LogP contribution >= 0.6 is 0 Å². The molecule has 2 aromatic carbocycles. The lowest BCUT2D eigenvalue weighted by Crippen LogP contribution is -2.20. The van der Waals surface area contributed by atoms with Gasteiger partial charge in [-0.3, -0.25) is 4.79 Å². The predicted molar refractivity (Wildman–Crippen MR) is 98.3 cm³/mol. The summed E-state index contributed by atoms with van der Waals surface area (Å²) in [6.07, 6.45) is 0. The van der Waals surface area contributed by atoms with Crippen LogP contribution in [0, 0.1) is 13.8 Å². The monoisotopic (exact) mass is 336 g/mol. The Kier molecular flexibility index (Phi) is 4.84. The molecule has 0 saturated heterocycles. The van der Waals surface area contributed by atoms with Crippen LogP contribution in [0.15, 0.2) is 48.5 Å². The average Bonchev–Trinajstić information content (AvgIpc) is 2.59. The van der Waals surface area contributed by atoms with Crippen molar-refractivity contribution in [3.8, 4) is 11.5 Å². The molecule has 3 aromatic rings. The van der Waals surface area contributed by atoms with Crippen molar-refractivity contribution in [3.05, 3.63) is 59.8 Å². The van der Waals surface area contributed by atoms with E-state index < -0.39 is 0 Å². The fourth-order valence-corrected chi connectivity index (χ4v) is 2.66. The summed E-state index contributed by atoms with van der Waals surface area (Å²) in [7, 11) is 1.61. The number of rotatable bonds is 5. The maximum absolute atomic E-state index is 12.2. The van der Waals surface area contributed by atoms with Crippen LogP contribution in [-0.2, 0) is 4.79 Å². The average molecular weight is 336 g/mol. The molecule has 0 radical (unpaired) electrons. The van der Waals surface area contributed by atoms with E-state index in [1.165, 1.54) is 0 Å². The Bertz CT molecular complexity index is 922. The van der Waals surface area contributed by atoms with Crippen LogP contribution < -0.4 is 14.8 Å². The number of aromatic nitrogens is 1. The van der Waals surface area contributed by atoms with E-state index in [1.807, 2.05) is 62.4 Å². The lowest BCUT2D eigenvalue weighted by atomic mass is 10.1. The highest BCUT2D eigenvalue weighted by Gasteiger charge is 2.11. The Morgan fingerprint density at radius 1 is 1.08 bits per heavy atom. The minimum absolute atomic E-state index is 0.0797. The first kappa shape index (κ1) is 16.8. The number of amides is 1. The topological polar surface area (TPSA) is 60.5 Å². The van der Waals surface area contributed by atoms with Gasteiger partial charge >= 0.3 is 0 Å². The van der Waals surface area contributed by atoms with Gasteiger partial charge in [-0.1, -0.05) is 18.2 Å². The molecule has 0 atom stereocenters. The summed E-state index contributed by atoms with van der Waals surface area (Å²) in [6.45, 7) is 3.78. The van der Waals surface area contributed by atoms with Gasteiger partial charge in [0.1, 0.15) is 17.0 Å². The van der Waals surface area contributed by atoms with E-state index in [0.717, 1.165) is 27.8 Å². The first-order chi connectivity index (χ1) is 12.1. The van der Waals surface area contributed by atoms with Crippen LogP contribution in [0.3, 0.4) is 0 Å². The van der Waals surface area contributed by atoms with Crippen molar-refractivity contribution in [1.29, 1.82) is 0 Å². The molecule has 0 spiro atoms. The largest absolute Gasteiger partial charge is 0.494 e. The molecule has 0 bridgehead atoms. The first-order valence-corrected chi connectivity index (χ1v) is 8.00. The minimum atomic E-state index is -0.212. The van der Waals surface area contributed by atoms with E-state index >= 15 is 0 Å². The van der Waals surface area contributed by atoms with Crippen molar-refractivity contribution in [2.24, 2.45) is 0 Å². The number of carbonyl (C=O) groups excluding carboxylic acids is 1. The summed E-state index contributed by atoms with van der Waals surface area (Å²) in [4.78, 5) is 16.7. The summed E-state index contributed by atoms with van der Waals surface area (Å²) in [5, 5.41) is 3.65. The number of aryl methyl sites for hydroxylation is 2. The Labute approximate surface area is 146 Å². The van der Waals surface area contributed by atoms with E-state index in [-0.39, 0.29) is 12.5 Å². The van der Waals surface area contributed by atoms with Gasteiger partial charge in [-0.25, -0.2) is 4.98 Å². The Morgan fingerprint density at radius 3 is 2.64 bits per heavy atom. The molecular formula is C20H20N2O3. The van der Waals surface area contributed by atoms with Gasteiger partial charge in [0.05, 0.1) is 7.11 Å².